The number of aromatic nitrogens is 1. The topological polar surface area (TPSA) is 93.5 Å². The van der Waals surface area contributed by atoms with Gasteiger partial charge in [0.05, 0.1) is 10.7 Å². The zero-order valence-electron chi connectivity index (χ0n) is 11.6. The number of furan rings is 1. The number of carbonyl (C=O) groups excluding carboxylic acids is 1. The van der Waals surface area contributed by atoms with Crippen LogP contribution in [0.2, 0.25) is 15.2 Å². The molecule has 2 rings (SSSR count). The third-order valence-electron chi connectivity index (χ3n) is 2.71. The van der Waals surface area contributed by atoms with Gasteiger partial charge in [-0.15, -0.1) is 0 Å². The van der Waals surface area contributed by atoms with Crippen molar-refractivity contribution in [1.82, 2.24) is 10.4 Å². The van der Waals surface area contributed by atoms with E-state index in [0.29, 0.717) is 11.5 Å². The maximum absolute atomic E-state index is 12.1. The molecule has 0 aliphatic rings. The van der Waals surface area contributed by atoms with Gasteiger partial charge in [-0.3, -0.25) is 4.79 Å². The van der Waals surface area contributed by atoms with E-state index in [9.17, 15) is 4.79 Å². The molecule has 0 bridgehead atoms. The number of hydrogen-bond acceptors (Lipinski definition) is 5. The van der Waals surface area contributed by atoms with Gasteiger partial charge in [-0.2, -0.15) is 5.10 Å². The number of anilines is 1. The van der Waals surface area contributed by atoms with E-state index in [1.54, 1.807) is 26.0 Å². The van der Waals surface area contributed by atoms with Gasteiger partial charge in [-0.1, -0.05) is 34.8 Å². The predicted octanol–water partition coefficient (Wildman–Crippen LogP) is 3.68. The van der Waals surface area contributed by atoms with Gasteiger partial charge < -0.3 is 10.2 Å². The summed E-state index contributed by atoms with van der Waals surface area (Å²) >= 11 is 17.5. The summed E-state index contributed by atoms with van der Waals surface area (Å²) in [4.78, 5) is 15.9. The van der Waals surface area contributed by atoms with Crippen molar-refractivity contribution in [2.45, 2.75) is 13.8 Å². The number of carbonyl (C=O) groups is 1. The maximum atomic E-state index is 12.1. The van der Waals surface area contributed by atoms with Gasteiger partial charge in [-0.25, -0.2) is 10.4 Å². The van der Waals surface area contributed by atoms with E-state index in [4.69, 9.17) is 45.0 Å². The van der Waals surface area contributed by atoms with Crippen molar-refractivity contribution >= 4 is 52.1 Å². The summed E-state index contributed by atoms with van der Waals surface area (Å²) in [6, 6.07) is 3.52. The zero-order chi connectivity index (χ0) is 16.4. The highest BCUT2D eigenvalue weighted by Gasteiger charge is 2.19. The van der Waals surface area contributed by atoms with Gasteiger partial charge in [0.2, 0.25) is 0 Å². The van der Waals surface area contributed by atoms with Crippen molar-refractivity contribution in [3.8, 4) is 0 Å². The van der Waals surface area contributed by atoms with Crippen LogP contribution in [-0.2, 0) is 0 Å². The molecular formula is C13H11Cl3N4O2. The molecule has 9 heteroatoms. The van der Waals surface area contributed by atoms with Gasteiger partial charge in [0.25, 0.3) is 5.91 Å². The highest BCUT2D eigenvalue weighted by atomic mass is 35.5. The summed E-state index contributed by atoms with van der Waals surface area (Å²) in [5.74, 6) is 0.598. The third-order valence-corrected chi connectivity index (χ3v) is 3.84. The van der Waals surface area contributed by atoms with Gasteiger partial charge in [0, 0.05) is 0 Å². The van der Waals surface area contributed by atoms with Crippen molar-refractivity contribution in [3.05, 3.63) is 44.5 Å². The summed E-state index contributed by atoms with van der Waals surface area (Å²) in [5, 5.41) is 3.71. The Morgan fingerprint density at radius 1 is 1.32 bits per heavy atom. The molecule has 0 spiro atoms. The molecule has 116 valence electrons. The molecule has 6 nitrogen and oxygen atoms in total. The molecular weight excluding hydrogens is 351 g/mol. The Kier molecular flexibility index (Phi) is 4.95. The quantitative estimate of drug-likeness (QED) is 0.495. The molecule has 2 heterocycles. The van der Waals surface area contributed by atoms with E-state index in [1.165, 1.54) is 0 Å². The molecule has 0 fully saturated rings. The van der Waals surface area contributed by atoms with Crippen LogP contribution in [0, 0.1) is 6.92 Å². The standard InChI is InChI=1S/C13H11Cl3N4O2/c1-5-3-4-7(22-5)6(2)19-20-13(21)11-8(14)10(17)9(15)12(16)18-11/h3-4H,1-2H3,(H2,17,18)(H,20,21)/b19-6+. The first-order valence-electron chi connectivity index (χ1n) is 6.02. The number of halogens is 3. The third kappa shape index (κ3) is 3.35. The van der Waals surface area contributed by atoms with E-state index < -0.39 is 5.91 Å². The molecule has 0 saturated heterocycles. The zero-order valence-corrected chi connectivity index (χ0v) is 13.8. The smallest absolute Gasteiger partial charge is 0.291 e. The van der Waals surface area contributed by atoms with E-state index in [1.807, 2.05) is 0 Å². The number of nitrogens with zero attached hydrogens (tertiary/aromatic N) is 2. The van der Waals surface area contributed by atoms with Crippen molar-refractivity contribution in [2.75, 3.05) is 5.73 Å². The van der Waals surface area contributed by atoms with E-state index >= 15 is 0 Å². The number of amides is 1. The van der Waals surface area contributed by atoms with Gasteiger partial charge >= 0.3 is 0 Å². The fourth-order valence-corrected chi connectivity index (χ4v) is 2.15. The number of rotatable bonds is 3. The lowest BCUT2D eigenvalue weighted by Crippen LogP contribution is -2.21. The largest absolute Gasteiger partial charge is 0.460 e. The monoisotopic (exact) mass is 360 g/mol. The first-order valence-corrected chi connectivity index (χ1v) is 7.16. The Morgan fingerprint density at radius 3 is 2.59 bits per heavy atom. The minimum atomic E-state index is -0.669. The molecule has 2 aromatic rings. The Balaban J connectivity index is 2.23. The van der Waals surface area contributed by atoms with Crippen LogP contribution in [0.3, 0.4) is 0 Å². The molecule has 0 unspecified atom stereocenters. The number of nitrogens with two attached hydrogens (primary N) is 1. The van der Waals surface area contributed by atoms with Crippen molar-refractivity contribution in [1.29, 1.82) is 0 Å². The van der Waals surface area contributed by atoms with Crippen molar-refractivity contribution in [3.63, 3.8) is 0 Å². The first-order chi connectivity index (χ1) is 10.3. The van der Waals surface area contributed by atoms with E-state index in [0.717, 1.165) is 5.76 Å². The lowest BCUT2D eigenvalue weighted by molar-refractivity contribution is 0.0950. The molecule has 0 radical (unpaired) electrons. The molecule has 2 aromatic heterocycles. The van der Waals surface area contributed by atoms with E-state index in [-0.39, 0.29) is 26.6 Å². The highest BCUT2D eigenvalue weighted by molar-refractivity contribution is 6.46. The number of hydrogen-bond donors (Lipinski definition) is 2. The van der Waals surface area contributed by atoms with Gasteiger partial charge in [0.15, 0.2) is 10.8 Å². The first kappa shape index (κ1) is 16.6. The molecule has 3 N–H and O–H groups in total. The molecule has 22 heavy (non-hydrogen) atoms. The minimum Gasteiger partial charge on any atom is -0.460 e. The molecule has 0 saturated carbocycles. The SMILES string of the molecule is C/C(=N\NC(=O)c1nc(Cl)c(Cl)c(N)c1Cl)c1ccc(C)o1. The van der Waals surface area contributed by atoms with Crippen molar-refractivity contribution < 1.29 is 9.21 Å². The highest BCUT2D eigenvalue weighted by Crippen LogP contribution is 2.34. The Morgan fingerprint density at radius 2 is 2.00 bits per heavy atom. The number of aryl methyl sites for hydroxylation is 1. The number of pyridine rings is 1. The van der Waals surface area contributed by atoms with E-state index in [2.05, 4.69) is 15.5 Å². The lowest BCUT2D eigenvalue weighted by atomic mass is 10.3. The normalized spacial score (nSPS) is 11.6. The summed E-state index contributed by atoms with van der Waals surface area (Å²) in [6.07, 6.45) is 0. The Labute approximate surface area is 141 Å². The summed E-state index contributed by atoms with van der Waals surface area (Å²) in [5.41, 5.74) is 8.25. The van der Waals surface area contributed by atoms with Crippen LogP contribution in [0.4, 0.5) is 5.69 Å². The second-order valence-corrected chi connectivity index (χ2v) is 5.46. The Hall–Kier alpha value is -1.76. The number of nitrogens with one attached hydrogen (secondary N) is 1. The summed E-state index contributed by atoms with van der Waals surface area (Å²) in [6.45, 7) is 3.48. The maximum Gasteiger partial charge on any atom is 0.291 e. The molecule has 0 aliphatic heterocycles. The summed E-state index contributed by atoms with van der Waals surface area (Å²) < 4.78 is 5.38. The average Bonchev–Trinajstić information content (AvgIpc) is 2.92. The van der Waals surface area contributed by atoms with Crippen LogP contribution in [0.1, 0.15) is 28.9 Å². The lowest BCUT2D eigenvalue weighted by Gasteiger charge is -2.08. The fourth-order valence-electron chi connectivity index (χ4n) is 1.55. The summed E-state index contributed by atoms with van der Waals surface area (Å²) in [7, 11) is 0. The number of nitrogen functional groups attached to an aromatic ring is 1. The van der Waals surface area contributed by atoms with Crippen molar-refractivity contribution in [2.24, 2.45) is 5.10 Å². The van der Waals surface area contributed by atoms with Crippen LogP contribution >= 0.6 is 34.8 Å². The molecule has 0 aromatic carbocycles. The predicted molar refractivity (Wildman–Crippen MR) is 86.8 cm³/mol. The molecule has 1 amide bonds. The minimum absolute atomic E-state index is 0.00559. The second kappa shape index (κ2) is 6.56. The van der Waals surface area contributed by atoms with Gasteiger partial charge in [0.1, 0.15) is 22.3 Å². The molecule has 0 aliphatic carbocycles. The molecule has 0 atom stereocenters. The Bertz CT molecular complexity index is 771. The van der Waals surface area contributed by atoms with Crippen LogP contribution in [0.15, 0.2) is 21.7 Å². The fraction of sp³-hybridized carbons (Fsp3) is 0.154. The second-order valence-electron chi connectivity index (χ2n) is 4.34. The number of hydrazone groups is 1. The van der Waals surface area contributed by atoms with Crippen LogP contribution < -0.4 is 11.2 Å². The van der Waals surface area contributed by atoms with Gasteiger partial charge in [-0.05, 0) is 26.0 Å². The van der Waals surface area contributed by atoms with Crippen LogP contribution in [0.25, 0.3) is 0 Å². The van der Waals surface area contributed by atoms with Crippen LogP contribution in [-0.4, -0.2) is 16.6 Å². The average molecular weight is 362 g/mol. The van der Waals surface area contributed by atoms with Crippen LogP contribution in [0.5, 0.6) is 0 Å².